The Labute approximate surface area is 230 Å². The van der Waals surface area contributed by atoms with E-state index in [0.29, 0.717) is 12.5 Å². The summed E-state index contributed by atoms with van der Waals surface area (Å²) >= 11 is 0. The number of anilines is 1. The van der Waals surface area contributed by atoms with E-state index in [1.54, 1.807) is 0 Å². The van der Waals surface area contributed by atoms with Gasteiger partial charge in [0.15, 0.2) is 0 Å². The third kappa shape index (κ3) is 7.50. The molecule has 39 heavy (non-hydrogen) atoms. The Morgan fingerprint density at radius 1 is 1.08 bits per heavy atom. The van der Waals surface area contributed by atoms with Crippen LogP contribution in [0.5, 0.6) is 0 Å². The molecule has 2 aromatic rings. The lowest BCUT2D eigenvalue weighted by molar-refractivity contribution is -0.140. The van der Waals surface area contributed by atoms with E-state index in [1.807, 2.05) is 18.2 Å². The zero-order valence-corrected chi connectivity index (χ0v) is 22.6. The number of carboxylic acid groups (broad SMARTS) is 1. The van der Waals surface area contributed by atoms with E-state index in [1.165, 1.54) is 12.0 Å². The van der Waals surface area contributed by atoms with Crippen molar-refractivity contribution in [3.8, 4) is 0 Å². The van der Waals surface area contributed by atoms with Crippen LogP contribution in [0.15, 0.2) is 42.5 Å². The van der Waals surface area contributed by atoms with Gasteiger partial charge in [-0.15, -0.1) is 0 Å². The number of amides is 1. The molecule has 2 aliphatic carbocycles. The normalized spacial score (nSPS) is 24.9. The largest absolute Gasteiger partial charge is 0.480 e. The molecule has 1 aromatic carbocycles. The number of aromatic nitrogens is 1. The van der Waals surface area contributed by atoms with Crippen molar-refractivity contribution in [3.05, 3.63) is 59.3 Å². The molecule has 3 aliphatic rings. The van der Waals surface area contributed by atoms with Crippen LogP contribution in [0.4, 0.5) is 10.6 Å². The first kappa shape index (κ1) is 27.4. The topological polar surface area (TPSA) is 110 Å². The van der Waals surface area contributed by atoms with E-state index >= 15 is 0 Å². The number of carboxylic acids is 1. The van der Waals surface area contributed by atoms with Crippen molar-refractivity contribution in [1.82, 2.24) is 10.3 Å². The van der Waals surface area contributed by atoms with Gasteiger partial charge in [-0.2, -0.15) is 0 Å². The molecule has 2 fully saturated rings. The van der Waals surface area contributed by atoms with Crippen molar-refractivity contribution < 1.29 is 24.2 Å². The summed E-state index contributed by atoms with van der Waals surface area (Å²) in [4.78, 5) is 29.2. The molecule has 2 heterocycles. The lowest BCUT2D eigenvalue weighted by Gasteiger charge is -2.35. The monoisotopic (exact) mass is 535 g/mol. The fourth-order valence-electron chi connectivity index (χ4n) is 6.15. The van der Waals surface area contributed by atoms with Crippen LogP contribution in [-0.2, 0) is 27.1 Å². The number of hydrogen-bond acceptors (Lipinski definition) is 6. The molecule has 1 aliphatic heterocycles. The number of aryl methyl sites for hydroxylation is 2. The van der Waals surface area contributed by atoms with Crippen molar-refractivity contribution in [2.75, 3.05) is 18.5 Å². The molecule has 8 nitrogen and oxygen atoms in total. The van der Waals surface area contributed by atoms with E-state index in [4.69, 9.17) is 14.5 Å². The zero-order chi connectivity index (χ0) is 27.0. The molecule has 1 amide bonds. The Hall–Kier alpha value is -3.13. The lowest BCUT2D eigenvalue weighted by atomic mass is 9.79. The number of benzene rings is 1. The highest BCUT2D eigenvalue weighted by Crippen LogP contribution is 2.35. The molecule has 1 aromatic heterocycles. The summed E-state index contributed by atoms with van der Waals surface area (Å²) in [6.45, 7) is 1.29. The Morgan fingerprint density at radius 3 is 2.72 bits per heavy atom. The van der Waals surface area contributed by atoms with E-state index < -0.39 is 18.1 Å². The van der Waals surface area contributed by atoms with Crippen LogP contribution in [0.3, 0.4) is 0 Å². The van der Waals surface area contributed by atoms with Crippen LogP contribution in [0, 0.1) is 5.92 Å². The van der Waals surface area contributed by atoms with Gasteiger partial charge in [0.2, 0.25) is 0 Å². The van der Waals surface area contributed by atoms with Crippen LogP contribution in [0.1, 0.15) is 80.5 Å². The minimum atomic E-state index is -1.07. The van der Waals surface area contributed by atoms with Crippen LogP contribution < -0.4 is 10.6 Å². The minimum absolute atomic E-state index is 0.142. The molecule has 0 spiro atoms. The first-order valence-electron chi connectivity index (χ1n) is 14.6. The van der Waals surface area contributed by atoms with Gasteiger partial charge in [0.05, 0.1) is 6.10 Å². The number of ether oxygens (including phenoxy) is 2. The SMILES string of the molecule is O=C(N[C@@H](CCOC1CC(CCc2ccc3c(n2)NCCC3)C1)C(=O)O)O[C@H]1CCCC[C@@H]1c1ccccc1. The van der Waals surface area contributed by atoms with Gasteiger partial charge in [-0.3, -0.25) is 0 Å². The number of fused-ring (bicyclic) bond motifs is 1. The molecular formula is C31H41N3O5. The van der Waals surface area contributed by atoms with Crippen LogP contribution in [0.2, 0.25) is 0 Å². The molecule has 3 atom stereocenters. The van der Waals surface area contributed by atoms with Gasteiger partial charge in [-0.1, -0.05) is 42.8 Å². The third-order valence-electron chi connectivity index (χ3n) is 8.49. The summed E-state index contributed by atoms with van der Waals surface area (Å²) in [5, 5.41) is 15.6. The highest BCUT2D eigenvalue weighted by molar-refractivity contribution is 5.79. The fraction of sp³-hybridized carbons (Fsp3) is 0.581. The van der Waals surface area contributed by atoms with E-state index in [2.05, 4.69) is 34.9 Å². The Kier molecular flexibility index (Phi) is 9.35. The summed E-state index contributed by atoms with van der Waals surface area (Å²) in [5.74, 6) is 0.729. The number of hydrogen-bond donors (Lipinski definition) is 3. The van der Waals surface area contributed by atoms with Crippen LogP contribution >= 0.6 is 0 Å². The second-order valence-electron chi connectivity index (χ2n) is 11.3. The summed E-state index contributed by atoms with van der Waals surface area (Å²) in [6, 6.07) is 13.4. The second kappa shape index (κ2) is 13.3. The highest BCUT2D eigenvalue weighted by Gasteiger charge is 2.32. The summed E-state index contributed by atoms with van der Waals surface area (Å²) < 4.78 is 11.7. The fourth-order valence-corrected chi connectivity index (χ4v) is 6.15. The van der Waals surface area contributed by atoms with Crippen LogP contribution in [-0.4, -0.2) is 53.6 Å². The third-order valence-corrected chi connectivity index (χ3v) is 8.49. The highest BCUT2D eigenvalue weighted by atomic mass is 16.6. The molecule has 8 heteroatoms. The van der Waals surface area contributed by atoms with Gasteiger partial charge in [-0.25, -0.2) is 14.6 Å². The van der Waals surface area contributed by atoms with E-state index in [-0.39, 0.29) is 24.5 Å². The van der Waals surface area contributed by atoms with E-state index in [0.717, 1.165) is 81.4 Å². The smallest absolute Gasteiger partial charge is 0.408 e. The standard InChI is InChI=1S/C31H41N3O5/c35-30(36)27(34-31(37)39-28-11-5-4-10-26(28)22-7-2-1-3-8-22)16-18-38-25-19-21(20-25)12-14-24-15-13-23-9-6-17-32-29(23)33-24/h1-3,7-8,13,15,21,25-28H,4-6,9-12,14,16-20H2,(H,32,33)(H,34,37)(H,35,36)/t21?,25?,26-,27+,28+/m1/s1. The van der Waals surface area contributed by atoms with Gasteiger partial charge in [0.1, 0.15) is 18.0 Å². The average Bonchev–Trinajstić information content (AvgIpc) is 2.93. The van der Waals surface area contributed by atoms with Gasteiger partial charge in [0, 0.05) is 31.2 Å². The van der Waals surface area contributed by atoms with Crippen molar-refractivity contribution in [2.24, 2.45) is 5.92 Å². The van der Waals surface area contributed by atoms with Crippen molar-refractivity contribution in [3.63, 3.8) is 0 Å². The van der Waals surface area contributed by atoms with Crippen molar-refractivity contribution >= 4 is 17.9 Å². The minimum Gasteiger partial charge on any atom is -0.480 e. The molecule has 0 saturated heterocycles. The maximum atomic E-state index is 12.6. The number of nitrogens with zero attached hydrogens (tertiary/aromatic N) is 1. The quantitative estimate of drug-likeness (QED) is 0.350. The number of aliphatic carboxylic acids is 1. The zero-order valence-electron chi connectivity index (χ0n) is 22.6. The molecular weight excluding hydrogens is 494 g/mol. The predicted octanol–water partition coefficient (Wildman–Crippen LogP) is 5.46. The Bertz CT molecular complexity index is 1100. The Morgan fingerprint density at radius 2 is 1.90 bits per heavy atom. The number of nitrogens with one attached hydrogen (secondary N) is 2. The molecule has 3 N–H and O–H groups in total. The Balaban J connectivity index is 1.00. The van der Waals surface area contributed by atoms with Crippen molar-refractivity contribution in [2.45, 2.75) is 94.8 Å². The number of alkyl carbamates (subject to hydrolysis) is 1. The molecule has 0 bridgehead atoms. The second-order valence-corrected chi connectivity index (χ2v) is 11.3. The van der Waals surface area contributed by atoms with Crippen LogP contribution in [0.25, 0.3) is 0 Å². The lowest BCUT2D eigenvalue weighted by Crippen LogP contribution is -2.44. The summed E-state index contributed by atoms with van der Waals surface area (Å²) in [5.41, 5.74) is 3.61. The van der Waals surface area contributed by atoms with Crippen molar-refractivity contribution in [1.29, 1.82) is 0 Å². The van der Waals surface area contributed by atoms with Gasteiger partial charge >= 0.3 is 12.1 Å². The first-order chi connectivity index (χ1) is 19.0. The number of pyridine rings is 1. The number of carbonyl (C=O) groups is 2. The van der Waals surface area contributed by atoms with Gasteiger partial charge < -0.3 is 25.2 Å². The molecule has 210 valence electrons. The summed E-state index contributed by atoms with van der Waals surface area (Å²) in [7, 11) is 0. The average molecular weight is 536 g/mol. The number of rotatable bonds is 11. The van der Waals surface area contributed by atoms with E-state index in [9.17, 15) is 14.7 Å². The van der Waals surface area contributed by atoms with Gasteiger partial charge in [-0.05, 0) is 80.9 Å². The maximum Gasteiger partial charge on any atom is 0.408 e. The first-order valence-corrected chi connectivity index (χ1v) is 14.6. The molecule has 0 unspecified atom stereocenters. The summed E-state index contributed by atoms with van der Waals surface area (Å²) in [6.07, 6.45) is 9.60. The van der Waals surface area contributed by atoms with Gasteiger partial charge in [0.25, 0.3) is 0 Å². The molecule has 0 radical (unpaired) electrons. The predicted molar refractivity (Wildman–Crippen MR) is 149 cm³/mol. The molecule has 2 saturated carbocycles. The maximum absolute atomic E-state index is 12.6. The number of carbonyl (C=O) groups excluding carboxylic acids is 1. The molecule has 5 rings (SSSR count).